The monoisotopic (exact) mass is 364 g/mol. The fourth-order valence-electron chi connectivity index (χ4n) is 4.17. The second-order valence-corrected chi connectivity index (χ2v) is 7.95. The summed E-state index contributed by atoms with van der Waals surface area (Å²) in [5, 5.41) is 1.15. The first-order chi connectivity index (χ1) is 13.1. The number of hydrogen-bond donors (Lipinski definition) is 1. The van der Waals surface area contributed by atoms with Crippen LogP contribution in [0.1, 0.15) is 44.0 Å². The van der Waals surface area contributed by atoms with Crippen molar-refractivity contribution >= 4 is 16.8 Å². The van der Waals surface area contributed by atoms with E-state index in [1.54, 1.807) is 0 Å². The number of amides is 1. The molecule has 3 heterocycles. The number of carbonyl (C=O) groups is 1. The van der Waals surface area contributed by atoms with Gasteiger partial charge in [-0.05, 0) is 30.4 Å². The molecule has 0 bridgehead atoms. The predicted octanol–water partition coefficient (Wildman–Crippen LogP) is 3.97. The molecule has 1 saturated heterocycles. The van der Waals surface area contributed by atoms with Gasteiger partial charge in [-0.15, -0.1) is 0 Å². The molecule has 5 nitrogen and oxygen atoms in total. The molecule has 0 radical (unpaired) electrons. The van der Waals surface area contributed by atoms with Crippen LogP contribution in [0, 0.1) is 5.92 Å². The van der Waals surface area contributed by atoms with E-state index in [0.717, 1.165) is 54.8 Å². The van der Waals surface area contributed by atoms with E-state index >= 15 is 0 Å². The molecule has 142 valence electrons. The van der Waals surface area contributed by atoms with Crippen LogP contribution >= 0.6 is 0 Å². The molecule has 0 spiro atoms. The van der Waals surface area contributed by atoms with E-state index in [1.165, 1.54) is 0 Å². The third-order valence-electron chi connectivity index (χ3n) is 5.70. The number of aromatic amines is 1. The Morgan fingerprint density at radius 3 is 2.81 bits per heavy atom. The quantitative estimate of drug-likeness (QED) is 0.745. The molecule has 1 aliphatic heterocycles. The van der Waals surface area contributed by atoms with Gasteiger partial charge in [-0.25, -0.2) is 4.98 Å². The van der Waals surface area contributed by atoms with Crippen molar-refractivity contribution in [2.24, 2.45) is 5.92 Å². The molecule has 5 heteroatoms. The average molecular weight is 364 g/mol. The number of nitrogens with one attached hydrogen (secondary N) is 1. The number of fused-ring (bicyclic) bond motifs is 1. The van der Waals surface area contributed by atoms with Gasteiger partial charge < -0.3 is 14.5 Å². The molecular formula is C22H28N4O. The molecule has 1 amide bonds. The fourth-order valence-corrected chi connectivity index (χ4v) is 4.17. The lowest BCUT2D eigenvalue weighted by atomic mass is 9.96. The standard InChI is InChI=1S/C22H28N4O/c1-16(2)22-23-9-12-26(22)15-17-7-10-25(11-8-17)21(27)13-18-14-24-20-6-4-3-5-19(18)20/h3-6,9,12,14,16-17,24H,7-8,10-11,13,15H2,1-2H3. The average Bonchev–Trinajstić information content (AvgIpc) is 3.30. The molecule has 1 aromatic carbocycles. The van der Waals surface area contributed by atoms with Crippen LogP contribution in [0.15, 0.2) is 42.9 Å². The van der Waals surface area contributed by atoms with E-state index in [1.807, 2.05) is 29.4 Å². The summed E-state index contributed by atoms with van der Waals surface area (Å²) in [6, 6.07) is 8.17. The van der Waals surface area contributed by atoms with Gasteiger partial charge in [0.25, 0.3) is 0 Å². The van der Waals surface area contributed by atoms with Gasteiger partial charge in [-0.2, -0.15) is 0 Å². The number of rotatable bonds is 5. The summed E-state index contributed by atoms with van der Waals surface area (Å²) in [5.74, 6) is 2.46. The summed E-state index contributed by atoms with van der Waals surface area (Å²) in [7, 11) is 0. The molecule has 4 rings (SSSR count). The molecule has 1 aliphatic rings. The smallest absolute Gasteiger partial charge is 0.227 e. The predicted molar refractivity (Wildman–Crippen MR) is 108 cm³/mol. The van der Waals surface area contributed by atoms with E-state index < -0.39 is 0 Å². The number of hydrogen-bond acceptors (Lipinski definition) is 2. The van der Waals surface area contributed by atoms with Crippen molar-refractivity contribution in [1.82, 2.24) is 19.4 Å². The zero-order valence-corrected chi connectivity index (χ0v) is 16.2. The molecule has 27 heavy (non-hydrogen) atoms. The maximum absolute atomic E-state index is 12.8. The highest BCUT2D eigenvalue weighted by Crippen LogP contribution is 2.23. The summed E-state index contributed by atoms with van der Waals surface area (Å²) >= 11 is 0. The Morgan fingerprint density at radius 1 is 1.26 bits per heavy atom. The van der Waals surface area contributed by atoms with Crippen LogP contribution in [0.4, 0.5) is 0 Å². The van der Waals surface area contributed by atoms with Crippen molar-refractivity contribution in [3.8, 4) is 0 Å². The Morgan fingerprint density at radius 2 is 2.04 bits per heavy atom. The van der Waals surface area contributed by atoms with Crippen LogP contribution in [-0.4, -0.2) is 38.4 Å². The Balaban J connectivity index is 1.33. The van der Waals surface area contributed by atoms with Crippen LogP contribution < -0.4 is 0 Å². The number of imidazole rings is 1. The van der Waals surface area contributed by atoms with Gasteiger partial charge in [0.15, 0.2) is 0 Å². The minimum absolute atomic E-state index is 0.240. The number of nitrogens with zero attached hydrogens (tertiary/aromatic N) is 3. The molecule has 0 saturated carbocycles. The number of piperidine rings is 1. The van der Waals surface area contributed by atoms with Crippen LogP contribution in [0.2, 0.25) is 0 Å². The van der Waals surface area contributed by atoms with Crippen molar-refractivity contribution in [3.05, 3.63) is 54.2 Å². The van der Waals surface area contributed by atoms with Crippen molar-refractivity contribution in [1.29, 1.82) is 0 Å². The molecular weight excluding hydrogens is 336 g/mol. The van der Waals surface area contributed by atoms with Gasteiger partial charge in [0.2, 0.25) is 5.91 Å². The maximum Gasteiger partial charge on any atom is 0.227 e. The van der Waals surface area contributed by atoms with Crippen LogP contribution in [0.25, 0.3) is 10.9 Å². The number of para-hydroxylation sites is 1. The van der Waals surface area contributed by atoms with Gasteiger partial charge in [-0.1, -0.05) is 32.0 Å². The number of likely N-dealkylation sites (tertiary alicyclic amines) is 1. The topological polar surface area (TPSA) is 53.9 Å². The minimum Gasteiger partial charge on any atom is -0.361 e. The Hall–Kier alpha value is -2.56. The minimum atomic E-state index is 0.240. The highest BCUT2D eigenvalue weighted by atomic mass is 16.2. The van der Waals surface area contributed by atoms with Crippen LogP contribution in [-0.2, 0) is 17.8 Å². The van der Waals surface area contributed by atoms with Crippen molar-refractivity contribution in [3.63, 3.8) is 0 Å². The van der Waals surface area contributed by atoms with E-state index in [-0.39, 0.29) is 5.91 Å². The molecule has 0 atom stereocenters. The molecule has 1 fully saturated rings. The van der Waals surface area contributed by atoms with Crippen LogP contribution in [0.3, 0.4) is 0 Å². The summed E-state index contributed by atoms with van der Waals surface area (Å²) in [5.41, 5.74) is 2.19. The van der Waals surface area contributed by atoms with E-state index in [0.29, 0.717) is 18.3 Å². The van der Waals surface area contributed by atoms with E-state index in [2.05, 4.69) is 46.7 Å². The molecule has 1 N–H and O–H groups in total. The third kappa shape index (κ3) is 3.77. The number of aromatic nitrogens is 3. The SMILES string of the molecule is CC(C)c1nccn1CC1CCN(C(=O)Cc2c[nH]c3ccccc23)CC1. The lowest BCUT2D eigenvalue weighted by Gasteiger charge is -2.32. The summed E-state index contributed by atoms with van der Waals surface area (Å²) in [4.78, 5) is 22.6. The second-order valence-electron chi connectivity index (χ2n) is 7.95. The summed E-state index contributed by atoms with van der Waals surface area (Å²) in [6.07, 6.45) is 8.57. The lowest BCUT2D eigenvalue weighted by Crippen LogP contribution is -2.40. The van der Waals surface area contributed by atoms with Gasteiger partial charge >= 0.3 is 0 Å². The number of H-pyrrole nitrogens is 1. The molecule has 2 aromatic heterocycles. The maximum atomic E-state index is 12.8. The van der Waals surface area contributed by atoms with Gasteiger partial charge in [0.1, 0.15) is 5.82 Å². The number of benzene rings is 1. The van der Waals surface area contributed by atoms with E-state index in [9.17, 15) is 4.79 Å². The largest absolute Gasteiger partial charge is 0.361 e. The summed E-state index contributed by atoms with van der Waals surface area (Å²) < 4.78 is 2.29. The third-order valence-corrected chi connectivity index (χ3v) is 5.70. The van der Waals surface area contributed by atoms with Crippen LogP contribution in [0.5, 0.6) is 0 Å². The first kappa shape index (κ1) is 17.8. The van der Waals surface area contributed by atoms with Gasteiger partial charge in [-0.3, -0.25) is 4.79 Å². The van der Waals surface area contributed by atoms with Gasteiger partial charge in [0, 0.05) is 55.0 Å². The van der Waals surface area contributed by atoms with Crippen molar-refractivity contribution in [2.75, 3.05) is 13.1 Å². The summed E-state index contributed by atoms with van der Waals surface area (Å²) in [6.45, 7) is 7.10. The lowest BCUT2D eigenvalue weighted by molar-refractivity contribution is -0.131. The first-order valence-electron chi connectivity index (χ1n) is 9.95. The van der Waals surface area contributed by atoms with Gasteiger partial charge in [0.05, 0.1) is 6.42 Å². The zero-order valence-electron chi connectivity index (χ0n) is 16.2. The zero-order chi connectivity index (χ0) is 18.8. The molecule has 0 aliphatic carbocycles. The molecule has 3 aromatic rings. The van der Waals surface area contributed by atoms with Crippen molar-refractivity contribution < 1.29 is 4.79 Å². The first-order valence-corrected chi connectivity index (χ1v) is 9.95. The molecule has 0 unspecified atom stereocenters. The van der Waals surface area contributed by atoms with E-state index in [4.69, 9.17) is 0 Å². The highest BCUT2D eigenvalue weighted by molar-refractivity contribution is 5.88. The highest BCUT2D eigenvalue weighted by Gasteiger charge is 2.24. The normalized spacial score (nSPS) is 15.7. The fraction of sp³-hybridized carbons (Fsp3) is 0.455. The Bertz CT molecular complexity index is 915. The number of carbonyl (C=O) groups excluding carboxylic acids is 1. The second kappa shape index (κ2) is 7.59. The Labute approximate surface area is 160 Å². The van der Waals surface area contributed by atoms with Crippen molar-refractivity contribution in [2.45, 2.75) is 45.6 Å². The Kier molecular flexibility index (Phi) is 5.01.